The van der Waals surface area contributed by atoms with Gasteiger partial charge in [0.1, 0.15) is 22.9 Å². The maximum Gasteiger partial charge on any atom is 0.432 e. The molecule has 150 valence electrons. The summed E-state index contributed by atoms with van der Waals surface area (Å²) in [5.41, 5.74) is 0.0803. The molecule has 0 spiro atoms. The van der Waals surface area contributed by atoms with Crippen molar-refractivity contribution in [3.05, 3.63) is 89.0 Å². The zero-order chi connectivity index (χ0) is 20.8. The molecule has 0 aliphatic heterocycles. The van der Waals surface area contributed by atoms with Crippen molar-refractivity contribution in [2.45, 2.75) is 24.9 Å². The second kappa shape index (κ2) is 7.13. The Balaban J connectivity index is 1.64. The summed E-state index contributed by atoms with van der Waals surface area (Å²) in [5, 5.41) is 0. The zero-order valence-electron chi connectivity index (χ0n) is 14.9. The van der Waals surface area contributed by atoms with Crippen molar-refractivity contribution in [2.75, 3.05) is 0 Å². The third-order valence-corrected chi connectivity index (χ3v) is 4.76. The molecule has 1 fully saturated rings. The van der Waals surface area contributed by atoms with Crippen LogP contribution in [0.25, 0.3) is 11.1 Å². The average Bonchev–Trinajstić information content (AvgIpc) is 3.49. The fourth-order valence-electron chi connectivity index (χ4n) is 3.12. The standard InChI is InChI=1S/C22H14F6O/c23-17-8-7-16(11-18(17)24)29-22(27,28)21-19(25)9-15(10-20(21)26)14-5-3-13(4-6-14)12-1-2-12/h3-12H,1-2H2. The lowest BCUT2D eigenvalue weighted by molar-refractivity contribution is -0.189. The van der Waals surface area contributed by atoms with Crippen LogP contribution in [0, 0.1) is 23.3 Å². The summed E-state index contributed by atoms with van der Waals surface area (Å²) in [6, 6.07) is 10.3. The van der Waals surface area contributed by atoms with E-state index in [0.717, 1.165) is 36.6 Å². The maximum absolute atomic E-state index is 14.4. The maximum atomic E-state index is 14.4. The first-order chi connectivity index (χ1) is 13.7. The first-order valence-corrected chi connectivity index (χ1v) is 8.86. The molecule has 0 saturated heterocycles. The minimum Gasteiger partial charge on any atom is -0.429 e. The van der Waals surface area contributed by atoms with Gasteiger partial charge in [0.15, 0.2) is 11.6 Å². The molecule has 0 bridgehead atoms. The Labute approximate surface area is 162 Å². The first kappa shape index (κ1) is 19.4. The number of ether oxygens (including phenoxy) is 1. The van der Waals surface area contributed by atoms with E-state index in [4.69, 9.17) is 0 Å². The molecule has 3 aromatic carbocycles. The number of hydrogen-bond donors (Lipinski definition) is 0. The van der Waals surface area contributed by atoms with Crippen LogP contribution in [0.3, 0.4) is 0 Å². The van der Waals surface area contributed by atoms with Crippen LogP contribution in [0.1, 0.15) is 29.9 Å². The van der Waals surface area contributed by atoms with Crippen LogP contribution in [-0.2, 0) is 6.11 Å². The molecule has 3 aromatic rings. The third kappa shape index (κ3) is 3.95. The van der Waals surface area contributed by atoms with Gasteiger partial charge in [-0.3, -0.25) is 0 Å². The van der Waals surface area contributed by atoms with Crippen LogP contribution >= 0.6 is 0 Å². The van der Waals surface area contributed by atoms with Gasteiger partial charge in [-0.1, -0.05) is 24.3 Å². The van der Waals surface area contributed by atoms with Crippen molar-refractivity contribution >= 4 is 0 Å². The second-order valence-electron chi connectivity index (χ2n) is 6.91. The molecule has 7 heteroatoms. The molecule has 0 atom stereocenters. The quantitative estimate of drug-likeness (QED) is 0.417. The molecular formula is C22H14F6O. The van der Waals surface area contributed by atoms with Crippen molar-refractivity contribution in [1.29, 1.82) is 0 Å². The van der Waals surface area contributed by atoms with Crippen LogP contribution in [0.2, 0.25) is 0 Å². The Bertz CT molecular complexity index is 1030. The van der Waals surface area contributed by atoms with Gasteiger partial charge in [0, 0.05) is 6.07 Å². The van der Waals surface area contributed by atoms with Gasteiger partial charge in [-0.25, -0.2) is 17.6 Å². The molecule has 1 saturated carbocycles. The van der Waals surface area contributed by atoms with Gasteiger partial charge in [0.25, 0.3) is 0 Å². The predicted octanol–water partition coefficient (Wildman–Crippen LogP) is 6.92. The van der Waals surface area contributed by atoms with E-state index in [2.05, 4.69) is 4.74 Å². The van der Waals surface area contributed by atoms with Crippen LogP contribution < -0.4 is 4.74 Å². The van der Waals surface area contributed by atoms with Crippen LogP contribution in [0.5, 0.6) is 5.75 Å². The third-order valence-electron chi connectivity index (χ3n) is 4.76. The fraction of sp³-hybridized carbons (Fsp3) is 0.182. The van der Waals surface area contributed by atoms with Gasteiger partial charge in [-0.15, -0.1) is 0 Å². The summed E-state index contributed by atoms with van der Waals surface area (Å²) in [6.07, 6.45) is -2.23. The van der Waals surface area contributed by atoms with Gasteiger partial charge in [-0.05, 0) is 59.7 Å². The lowest BCUT2D eigenvalue weighted by Crippen LogP contribution is -2.25. The van der Waals surface area contributed by atoms with Gasteiger partial charge in [0.05, 0.1) is 0 Å². The van der Waals surface area contributed by atoms with Crippen LogP contribution in [0.15, 0.2) is 54.6 Å². The molecule has 0 amide bonds. The summed E-state index contributed by atoms with van der Waals surface area (Å²) >= 11 is 0. The smallest absolute Gasteiger partial charge is 0.429 e. The summed E-state index contributed by atoms with van der Waals surface area (Å²) in [7, 11) is 0. The monoisotopic (exact) mass is 408 g/mol. The molecule has 0 aromatic heterocycles. The summed E-state index contributed by atoms with van der Waals surface area (Å²) in [4.78, 5) is 0. The lowest BCUT2D eigenvalue weighted by Gasteiger charge is -2.20. The van der Waals surface area contributed by atoms with Crippen molar-refractivity contribution < 1.29 is 31.1 Å². The normalized spacial score (nSPS) is 14.1. The zero-order valence-corrected chi connectivity index (χ0v) is 14.9. The lowest BCUT2D eigenvalue weighted by atomic mass is 10.00. The molecule has 1 aliphatic carbocycles. The molecule has 1 nitrogen and oxygen atoms in total. The van der Waals surface area contributed by atoms with Gasteiger partial charge >= 0.3 is 6.11 Å². The van der Waals surface area contributed by atoms with Crippen LogP contribution in [-0.4, -0.2) is 0 Å². The fourth-order valence-corrected chi connectivity index (χ4v) is 3.12. The highest BCUT2D eigenvalue weighted by atomic mass is 19.3. The Morgan fingerprint density at radius 1 is 0.690 bits per heavy atom. The van der Waals surface area contributed by atoms with Crippen molar-refractivity contribution in [1.82, 2.24) is 0 Å². The van der Waals surface area contributed by atoms with Crippen molar-refractivity contribution in [3.63, 3.8) is 0 Å². The molecule has 29 heavy (non-hydrogen) atoms. The predicted molar refractivity (Wildman–Crippen MR) is 94.6 cm³/mol. The molecule has 0 heterocycles. The highest BCUT2D eigenvalue weighted by Gasteiger charge is 2.41. The number of hydrogen-bond acceptors (Lipinski definition) is 1. The van der Waals surface area contributed by atoms with E-state index in [1.165, 1.54) is 0 Å². The Morgan fingerprint density at radius 3 is 1.86 bits per heavy atom. The molecular weight excluding hydrogens is 394 g/mol. The molecule has 4 rings (SSSR count). The largest absolute Gasteiger partial charge is 0.432 e. The van der Waals surface area contributed by atoms with E-state index >= 15 is 0 Å². The highest BCUT2D eigenvalue weighted by molar-refractivity contribution is 5.64. The summed E-state index contributed by atoms with van der Waals surface area (Å²) in [5.74, 6) is -5.99. The Hall–Kier alpha value is -2.96. The average molecular weight is 408 g/mol. The molecule has 0 N–H and O–H groups in total. The summed E-state index contributed by atoms with van der Waals surface area (Å²) in [6.45, 7) is 0. The first-order valence-electron chi connectivity index (χ1n) is 8.86. The number of benzene rings is 3. The van der Waals surface area contributed by atoms with Gasteiger partial charge in [0.2, 0.25) is 0 Å². The van der Waals surface area contributed by atoms with E-state index in [1.807, 2.05) is 12.1 Å². The van der Waals surface area contributed by atoms with E-state index in [1.54, 1.807) is 12.1 Å². The minimum atomic E-state index is -4.44. The molecule has 1 aliphatic rings. The van der Waals surface area contributed by atoms with Crippen molar-refractivity contribution in [3.8, 4) is 16.9 Å². The van der Waals surface area contributed by atoms with E-state index < -0.39 is 40.7 Å². The van der Waals surface area contributed by atoms with E-state index in [0.29, 0.717) is 23.6 Å². The number of halogens is 6. The SMILES string of the molecule is Fc1ccc(OC(F)(F)c2c(F)cc(-c3ccc(C4CC4)cc3)cc2F)cc1F. The Morgan fingerprint density at radius 2 is 1.31 bits per heavy atom. The molecule has 0 unspecified atom stereocenters. The van der Waals surface area contributed by atoms with E-state index in [-0.39, 0.29) is 5.56 Å². The molecule has 0 radical (unpaired) electrons. The van der Waals surface area contributed by atoms with E-state index in [9.17, 15) is 26.3 Å². The summed E-state index contributed by atoms with van der Waals surface area (Å²) < 4.78 is 87.9. The minimum absolute atomic E-state index is 0.0923. The number of alkyl halides is 2. The van der Waals surface area contributed by atoms with Crippen molar-refractivity contribution in [2.24, 2.45) is 0 Å². The Kier molecular flexibility index (Phi) is 4.76. The highest BCUT2D eigenvalue weighted by Crippen LogP contribution is 2.41. The number of rotatable bonds is 5. The topological polar surface area (TPSA) is 9.23 Å². The van der Waals surface area contributed by atoms with Crippen LogP contribution in [0.4, 0.5) is 26.3 Å². The van der Waals surface area contributed by atoms with Gasteiger partial charge < -0.3 is 4.74 Å². The second-order valence-corrected chi connectivity index (χ2v) is 6.91. The van der Waals surface area contributed by atoms with Gasteiger partial charge in [-0.2, -0.15) is 8.78 Å².